The Hall–Kier alpha value is -1.68. The zero-order chi connectivity index (χ0) is 11.7. The van der Waals surface area contributed by atoms with Crippen LogP contribution in [0.25, 0.3) is 10.4 Å². The van der Waals surface area contributed by atoms with E-state index in [4.69, 9.17) is 5.11 Å². The third kappa shape index (κ3) is 1.97. The fourth-order valence-corrected chi connectivity index (χ4v) is 2.49. The Morgan fingerprint density at radius 1 is 1.31 bits per heavy atom. The summed E-state index contributed by atoms with van der Waals surface area (Å²) in [6.45, 7) is 1.85. The Morgan fingerprint density at radius 2 is 1.94 bits per heavy atom. The number of aryl methyl sites for hydroxylation is 1. The number of thiophene rings is 1. The van der Waals surface area contributed by atoms with Crippen molar-refractivity contribution in [2.24, 2.45) is 0 Å². The smallest absolute Gasteiger partial charge is 0.345 e. The first-order valence-electron chi connectivity index (χ1n) is 4.67. The van der Waals surface area contributed by atoms with E-state index in [1.807, 2.05) is 6.92 Å². The van der Waals surface area contributed by atoms with Gasteiger partial charge in [-0.2, -0.15) is 0 Å². The first-order valence-corrected chi connectivity index (χ1v) is 5.49. The highest BCUT2D eigenvalue weighted by Crippen LogP contribution is 2.32. The first-order chi connectivity index (χ1) is 7.58. The van der Waals surface area contributed by atoms with Gasteiger partial charge in [-0.25, -0.2) is 9.18 Å². The van der Waals surface area contributed by atoms with Crippen LogP contribution in [0.15, 0.2) is 30.3 Å². The summed E-state index contributed by atoms with van der Waals surface area (Å²) >= 11 is 1.20. The van der Waals surface area contributed by atoms with Gasteiger partial charge in [0.1, 0.15) is 10.7 Å². The lowest BCUT2D eigenvalue weighted by molar-refractivity contribution is 0.0702. The van der Waals surface area contributed by atoms with Crippen LogP contribution in [0.1, 0.15) is 15.2 Å². The van der Waals surface area contributed by atoms with Crippen LogP contribution in [0.5, 0.6) is 0 Å². The molecule has 0 atom stereocenters. The van der Waals surface area contributed by atoms with Crippen LogP contribution in [0.3, 0.4) is 0 Å². The maximum absolute atomic E-state index is 12.7. The minimum atomic E-state index is -0.929. The summed E-state index contributed by atoms with van der Waals surface area (Å²) in [7, 11) is 0. The summed E-state index contributed by atoms with van der Waals surface area (Å²) < 4.78 is 12.7. The number of rotatable bonds is 2. The molecular formula is C12H9FO2S. The van der Waals surface area contributed by atoms with Gasteiger partial charge in [-0.15, -0.1) is 11.3 Å². The summed E-state index contributed by atoms with van der Waals surface area (Å²) in [6.07, 6.45) is 0. The van der Waals surface area contributed by atoms with Crippen LogP contribution in [0.4, 0.5) is 4.39 Å². The van der Waals surface area contributed by atoms with Gasteiger partial charge in [0.2, 0.25) is 0 Å². The second-order valence-electron chi connectivity index (χ2n) is 3.43. The normalized spacial score (nSPS) is 10.4. The van der Waals surface area contributed by atoms with Crippen molar-refractivity contribution >= 4 is 17.3 Å². The van der Waals surface area contributed by atoms with Crippen molar-refractivity contribution in [3.8, 4) is 10.4 Å². The summed E-state index contributed by atoms with van der Waals surface area (Å²) in [6, 6.07) is 7.68. The van der Waals surface area contributed by atoms with Gasteiger partial charge >= 0.3 is 5.97 Å². The number of carboxylic acids is 1. The van der Waals surface area contributed by atoms with E-state index < -0.39 is 5.97 Å². The van der Waals surface area contributed by atoms with Crippen LogP contribution in [0.2, 0.25) is 0 Å². The van der Waals surface area contributed by atoms with E-state index in [0.717, 1.165) is 16.0 Å². The molecule has 0 saturated carbocycles. The number of carbonyl (C=O) groups is 1. The molecule has 82 valence electrons. The zero-order valence-electron chi connectivity index (χ0n) is 8.53. The van der Waals surface area contributed by atoms with E-state index in [9.17, 15) is 9.18 Å². The lowest BCUT2D eigenvalue weighted by Crippen LogP contribution is -1.89. The number of benzene rings is 1. The van der Waals surface area contributed by atoms with Crippen molar-refractivity contribution in [3.05, 3.63) is 46.6 Å². The van der Waals surface area contributed by atoms with Gasteiger partial charge in [-0.1, -0.05) is 12.1 Å². The molecule has 1 N–H and O–H groups in total. The molecule has 2 nitrogen and oxygen atoms in total. The predicted octanol–water partition coefficient (Wildman–Crippen LogP) is 3.56. The standard InChI is InChI=1S/C12H9FO2S/c1-7-6-10(12(14)15)16-11(7)8-2-4-9(13)5-3-8/h2-6H,1H3,(H,14,15). The molecule has 0 aliphatic heterocycles. The van der Waals surface area contributed by atoms with Crippen molar-refractivity contribution in [3.63, 3.8) is 0 Å². The second-order valence-corrected chi connectivity index (χ2v) is 4.49. The van der Waals surface area contributed by atoms with Gasteiger partial charge < -0.3 is 5.11 Å². The monoisotopic (exact) mass is 236 g/mol. The molecule has 0 bridgehead atoms. The predicted molar refractivity (Wildman–Crippen MR) is 61.4 cm³/mol. The molecule has 0 unspecified atom stereocenters. The molecule has 0 fully saturated rings. The lowest BCUT2D eigenvalue weighted by atomic mass is 10.1. The van der Waals surface area contributed by atoms with Crippen molar-refractivity contribution in [2.45, 2.75) is 6.92 Å². The summed E-state index contributed by atoms with van der Waals surface area (Å²) in [5.41, 5.74) is 1.74. The summed E-state index contributed by atoms with van der Waals surface area (Å²) in [5, 5.41) is 8.86. The quantitative estimate of drug-likeness (QED) is 0.865. The van der Waals surface area contributed by atoms with Crippen LogP contribution in [-0.4, -0.2) is 11.1 Å². The Labute approximate surface area is 96.0 Å². The number of halogens is 1. The molecule has 2 aromatic rings. The summed E-state index contributed by atoms with van der Waals surface area (Å²) in [4.78, 5) is 12.0. The number of aromatic carboxylic acids is 1. The minimum absolute atomic E-state index is 0.295. The third-order valence-electron chi connectivity index (χ3n) is 2.23. The van der Waals surface area contributed by atoms with Crippen molar-refractivity contribution in [1.82, 2.24) is 0 Å². The molecule has 2 rings (SSSR count). The van der Waals surface area contributed by atoms with Gasteiger partial charge in [0.15, 0.2) is 0 Å². The molecule has 4 heteroatoms. The Kier molecular flexibility index (Phi) is 2.75. The average molecular weight is 236 g/mol. The molecule has 0 saturated heterocycles. The molecule has 16 heavy (non-hydrogen) atoms. The first kappa shape index (κ1) is 10.8. The van der Waals surface area contributed by atoms with E-state index in [1.54, 1.807) is 18.2 Å². The Balaban J connectivity index is 2.47. The maximum Gasteiger partial charge on any atom is 0.345 e. The van der Waals surface area contributed by atoms with Gasteiger partial charge in [0.25, 0.3) is 0 Å². The highest BCUT2D eigenvalue weighted by atomic mass is 32.1. The molecule has 0 radical (unpaired) electrons. The number of hydrogen-bond donors (Lipinski definition) is 1. The molecule has 0 spiro atoms. The minimum Gasteiger partial charge on any atom is -0.477 e. The highest BCUT2D eigenvalue weighted by Gasteiger charge is 2.12. The molecule has 1 aromatic heterocycles. The molecule has 1 heterocycles. The second kappa shape index (κ2) is 4.06. The van der Waals surface area contributed by atoms with Crippen molar-refractivity contribution in [1.29, 1.82) is 0 Å². The van der Waals surface area contributed by atoms with E-state index in [-0.39, 0.29) is 5.82 Å². The van der Waals surface area contributed by atoms with Gasteiger partial charge in [-0.3, -0.25) is 0 Å². The molecule has 0 aliphatic carbocycles. The van der Waals surface area contributed by atoms with E-state index in [2.05, 4.69) is 0 Å². The third-order valence-corrected chi connectivity index (χ3v) is 3.51. The molecular weight excluding hydrogens is 227 g/mol. The largest absolute Gasteiger partial charge is 0.477 e. The Morgan fingerprint density at radius 3 is 2.44 bits per heavy atom. The fraction of sp³-hybridized carbons (Fsp3) is 0.0833. The van der Waals surface area contributed by atoms with E-state index in [0.29, 0.717) is 4.88 Å². The average Bonchev–Trinajstić information content (AvgIpc) is 2.62. The fourth-order valence-electron chi connectivity index (χ4n) is 1.48. The van der Waals surface area contributed by atoms with Crippen LogP contribution in [-0.2, 0) is 0 Å². The van der Waals surface area contributed by atoms with E-state index in [1.165, 1.54) is 23.5 Å². The van der Waals surface area contributed by atoms with Crippen molar-refractivity contribution in [2.75, 3.05) is 0 Å². The van der Waals surface area contributed by atoms with Crippen LogP contribution in [0, 0.1) is 12.7 Å². The lowest BCUT2D eigenvalue weighted by Gasteiger charge is -1.98. The van der Waals surface area contributed by atoms with Crippen LogP contribution < -0.4 is 0 Å². The zero-order valence-corrected chi connectivity index (χ0v) is 9.34. The topological polar surface area (TPSA) is 37.3 Å². The van der Waals surface area contributed by atoms with Crippen LogP contribution >= 0.6 is 11.3 Å². The van der Waals surface area contributed by atoms with Gasteiger partial charge in [0, 0.05) is 4.88 Å². The van der Waals surface area contributed by atoms with Crippen molar-refractivity contribution < 1.29 is 14.3 Å². The highest BCUT2D eigenvalue weighted by molar-refractivity contribution is 7.17. The summed E-state index contributed by atoms with van der Waals surface area (Å²) in [5.74, 6) is -1.22. The molecule has 0 amide bonds. The van der Waals surface area contributed by atoms with Gasteiger partial charge in [0.05, 0.1) is 0 Å². The van der Waals surface area contributed by atoms with Gasteiger partial charge in [-0.05, 0) is 36.2 Å². The number of hydrogen-bond acceptors (Lipinski definition) is 2. The Bertz CT molecular complexity index is 528. The van der Waals surface area contributed by atoms with E-state index >= 15 is 0 Å². The SMILES string of the molecule is Cc1cc(C(=O)O)sc1-c1ccc(F)cc1. The molecule has 0 aliphatic rings. The maximum atomic E-state index is 12.7. The number of carboxylic acid groups (broad SMARTS) is 1. The molecule has 1 aromatic carbocycles.